The van der Waals surface area contributed by atoms with Gasteiger partial charge in [0, 0.05) is 18.7 Å². The number of nitro benzene ring substituents is 1. The minimum absolute atomic E-state index is 0.105. The highest BCUT2D eigenvalue weighted by Gasteiger charge is 2.30. The van der Waals surface area contributed by atoms with Crippen molar-refractivity contribution in [1.29, 1.82) is 0 Å². The van der Waals surface area contributed by atoms with Gasteiger partial charge in [-0.25, -0.2) is 9.59 Å². The summed E-state index contributed by atoms with van der Waals surface area (Å²) in [7, 11) is 0. The van der Waals surface area contributed by atoms with Crippen LogP contribution in [-0.2, 0) is 14.3 Å². The van der Waals surface area contributed by atoms with E-state index >= 15 is 0 Å². The lowest BCUT2D eigenvalue weighted by molar-refractivity contribution is -0.384. The number of carbonyl (C=O) groups excluding carboxylic acids is 2. The molecule has 0 saturated heterocycles. The number of hydrogen-bond acceptors (Lipinski definition) is 7. The van der Waals surface area contributed by atoms with Gasteiger partial charge >= 0.3 is 12.1 Å². The van der Waals surface area contributed by atoms with Crippen LogP contribution in [0.4, 0.5) is 10.5 Å². The van der Waals surface area contributed by atoms with Crippen LogP contribution in [0.2, 0.25) is 0 Å². The van der Waals surface area contributed by atoms with E-state index in [1.54, 1.807) is 6.92 Å². The van der Waals surface area contributed by atoms with E-state index < -0.39 is 29.1 Å². The van der Waals surface area contributed by atoms with Crippen molar-refractivity contribution in [2.45, 2.75) is 46.8 Å². The largest absolute Gasteiger partial charge is 0.464 e. The fourth-order valence-corrected chi connectivity index (χ4v) is 2.05. The van der Waals surface area contributed by atoms with Gasteiger partial charge in [-0.2, -0.15) is 0 Å². The Balaban J connectivity index is 2.77. The summed E-state index contributed by atoms with van der Waals surface area (Å²) in [6, 6.07) is 3.96. The quantitative estimate of drug-likeness (QED) is 0.366. The second-order valence-corrected chi connectivity index (χ2v) is 7.22. The highest BCUT2D eigenvalue weighted by molar-refractivity contribution is 5.82. The molecule has 1 amide bonds. The number of hydrogen-bond donors (Lipinski definition) is 1. The van der Waals surface area contributed by atoms with Crippen LogP contribution in [0, 0.1) is 22.0 Å². The SMILES string of the molecule is CC(C)COC(=O)[C@@H](NC(=O)Oc1ccc([N+](=O)[O-])cc1)C(C)OCC(C)C. The van der Waals surface area contributed by atoms with Crippen LogP contribution in [0.15, 0.2) is 24.3 Å². The molecule has 0 fully saturated rings. The van der Waals surface area contributed by atoms with Crippen LogP contribution in [0.25, 0.3) is 0 Å². The van der Waals surface area contributed by atoms with Gasteiger partial charge in [-0.05, 0) is 30.9 Å². The molecule has 0 aromatic heterocycles. The molecule has 1 aromatic carbocycles. The predicted octanol–water partition coefficient (Wildman–Crippen LogP) is 3.31. The molecule has 0 aliphatic rings. The van der Waals surface area contributed by atoms with Crippen molar-refractivity contribution in [3.63, 3.8) is 0 Å². The summed E-state index contributed by atoms with van der Waals surface area (Å²) in [5.74, 6) is -0.121. The first-order chi connectivity index (χ1) is 13.1. The molecule has 1 unspecified atom stereocenters. The molecule has 9 heteroatoms. The maximum Gasteiger partial charge on any atom is 0.413 e. The molecular formula is C19H28N2O7. The van der Waals surface area contributed by atoms with Crippen molar-refractivity contribution >= 4 is 17.7 Å². The number of benzene rings is 1. The van der Waals surface area contributed by atoms with Crippen LogP contribution in [-0.4, -0.2) is 42.3 Å². The molecule has 2 atom stereocenters. The zero-order valence-electron chi connectivity index (χ0n) is 16.8. The maximum atomic E-state index is 12.4. The monoisotopic (exact) mass is 396 g/mol. The third-order valence-corrected chi connectivity index (χ3v) is 3.51. The van der Waals surface area contributed by atoms with Crippen LogP contribution in [0.1, 0.15) is 34.6 Å². The number of rotatable bonds is 10. The van der Waals surface area contributed by atoms with Crippen LogP contribution in [0.3, 0.4) is 0 Å². The summed E-state index contributed by atoms with van der Waals surface area (Å²) in [5.41, 5.74) is -0.126. The van der Waals surface area contributed by atoms with Crippen molar-refractivity contribution in [3.05, 3.63) is 34.4 Å². The second-order valence-electron chi connectivity index (χ2n) is 7.22. The molecule has 1 N–H and O–H groups in total. The van der Waals surface area contributed by atoms with E-state index in [0.717, 1.165) is 0 Å². The Morgan fingerprint density at radius 2 is 1.61 bits per heavy atom. The summed E-state index contributed by atoms with van der Waals surface area (Å²) >= 11 is 0. The van der Waals surface area contributed by atoms with Gasteiger partial charge in [-0.3, -0.25) is 10.1 Å². The molecule has 1 rings (SSSR count). The van der Waals surface area contributed by atoms with E-state index in [9.17, 15) is 19.7 Å². The first-order valence-corrected chi connectivity index (χ1v) is 9.11. The van der Waals surface area contributed by atoms with Gasteiger partial charge in [0.15, 0.2) is 6.04 Å². The lowest BCUT2D eigenvalue weighted by atomic mass is 10.1. The van der Waals surface area contributed by atoms with Crippen LogP contribution in [0.5, 0.6) is 5.75 Å². The van der Waals surface area contributed by atoms with Crippen molar-refractivity contribution < 1.29 is 28.7 Å². The molecule has 0 aliphatic carbocycles. The second kappa shape index (κ2) is 11.2. The molecule has 1 aromatic rings. The molecule has 9 nitrogen and oxygen atoms in total. The van der Waals surface area contributed by atoms with Gasteiger partial charge in [-0.15, -0.1) is 0 Å². The number of esters is 1. The predicted molar refractivity (Wildman–Crippen MR) is 102 cm³/mol. The third-order valence-electron chi connectivity index (χ3n) is 3.51. The topological polar surface area (TPSA) is 117 Å². The van der Waals surface area contributed by atoms with Gasteiger partial charge in [0.2, 0.25) is 0 Å². The summed E-state index contributed by atoms with van der Waals surface area (Å²) in [6.07, 6.45) is -1.52. The van der Waals surface area contributed by atoms with Gasteiger partial charge in [-0.1, -0.05) is 27.7 Å². The van der Waals surface area contributed by atoms with Crippen molar-refractivity contribution in [2.75, 3.05) is 13.2 Å². The van der Waals surface area contributed by atoms with E-state index in [4.69, 9.17) is 14.2 Å². The van der Waals surface area contributed by atoms with Crippen molar-refractivity contribution in [1.82, 2.24) is 5.32 Å². The molecule has 28 heavy (non-hydrogen) atoms. The normalized spacial score (nSPS) is 13.1. The van der Waals surface area contributed by atoms with E-state index in [1.165, 1.54) is 24.3 Å². The number of carbonyl (C=O) groups is 2. The minimum Gasteiger partial charge on any atom is -0.464 e. The van der Waals surface area contributed by atoms with Crippen LogP contribution >= 0.6 is 0 Å². The molecular weight excluding hydrogens is 368 g/mol. The Bertz CT molecular complexity index is 659. The number of nitro groups is 1. The lowest BCUT2D eigenvalue weighted by Gasteiger charge is -2.24. The summed E-state index contributed by atoms with van der Waals surface area (Å²) in [5, 5.41) is 13.1. The lowest BCUT2D eigenvalue weighted by Crippen LogP contribution is -2.50. The number of nitrogens with one attached hydrogen (secondary N) is 1. The van der Waals surface area contributed by atoms with Crippen molar-refractivity contribution in [2.24, 2.45) is 11.8 Å². The highest BCUT2D eigenvalue weighted by Crippen LogP contribution is 2.17. The molecule has 0 bridgehead atoms. The van der Waals surface area contributed by atoms with E-state index in [0.29, 0.717) is 6.61 Å². The number of non-ortho nitro benzene ring substituents is 1. The summed E-state index contributed by atoms with van der Waals surface area (Å²) < 4.78 is 16.0. The zero-order valence-corrected chi connectivity index (χ0v) is 16.8. The number of nitrogens with zero attached hydrogens (tertiary/aromatic N) is 1. The van der Waals surface area contributed by atoms with Gasteiger partial charge < -0.3 is 19.5 Å². The summed E-state index contributed by atoms with van der Waals surface area (Å²) in [4.78, 5) is 34.7. The van der Waals surface area contributed by atoms with E-state index in [2.05, 4.69) is 5.32 Å². The van der Waals surface area contributed by atoms with Crippen molar-refractivity contribution in [3.8, 4) is 5.75 Å². The molecule has 0 radical (unpaired) electrons. The number of amides is 1. The molecule has 0 aliphatic heterocycles. The fourth-order valence-electron chi connectivity index (χ4n) is 2.05. The Morgan fingerprint density at radius 3 is 2.11 bits per heavy atom. The van der Waals surface area contributed by atoms with Gasteiger partial charge in [0.1, 0.15) is 5.75 Å². The highest BCUT2D eigenvalue weighted by atomic mass is 16.6. The average molecular weight is 396 g/mol. The molecule has 0 saturated carbocycles. The maximum absolute atomic E-state index is 12.4. The standard InChI is InChI=1S/C19H28N2O7/c1-12(2)10-26-14(5)17(18(22)27-11-13(3)4)20-19(23)28-16-8-6-15(7-9-16)21(24)25/h6-9,12-14,17H,10-11H2,1-5H3,(H,20,23)/t14?,17-/m0/s1. The Morgan fingerprint density at radius 1 is 1.04 bits per heavy atom. The Labute approximate surface area is 164 Å². The van der Waals surface area contributed by atoms with Gasteiger partial charge in [0.05, 0.1) is 17.6 Å². The molecule has 0 spiro atoms. The first kappa shape index (κ1) is 23.4. The third kappa shape index (κ3) is 8.34. The smallest absolute Gasteiger partial charge is 0.413 e. The minimum atomic E-state index is -1.05. The first-order valence-electron chi connectivity index (χ1n) is 9.11. The van der Waals surface area contributed by atoms with E-state index in [-0.39, 0.29) is 29.9 Å². The van der Waals surface area contributed by atoms with Crippen LogP contribution < -0.4 is 10.1 Å². The zero-order chi connectivity index (χ0) is 21.3. The Hall–Kier alpha value is -2.68. The summed E-state index contributed by atoms with van der Waals surface area (Å²) in [6.45, 7) is 10.0. The van der Waals surface area contributed by atoms with E-state index in [1.807, 2.05) is 27.7 Å². The average Bonchev–Trinajstić information content (AvgIpc) is 2.62. The fraction of sp³-hybridized carbons (Fsp3) is 0.579. The molecule has 156 valence electrons. The number of ether oxygens (including phenoxy) is 3. The Kier molecular flexibility index (Phi) is 9.37. The molecule has 0 heterocycles. The van der Waals surface area contributed by atoms with Gasteiger partial charge in [0.25, 0.3) is 5.69 Å².